The summed E-state index contributed by atoms with van der Waals surface area (Å²) in [5.74, 6) is -0.927. The average Bonchev–Trinajstić information content (AvgIpc) is 3.26. The Morgan fingerprint density at radius 1 is 0.328 bits per heavy atom. The zero-order valence-electron chi connectivity index (χ0n) is 40.4. The lowest BCUT2D eigenvalue weighted by Crippen LogP contribution is -2.30. The maximum atomic E-state index is 12.8. The summed E-state index contributed by atoms with van der Waals surface area (Å²) in [5.41, 5.74) is 0. The maximum absolute atomic E-state index is 12.8. The molecule has 0 aliphatic rings. The van der Waals surface area contributed by atoms with Crippen LogP contribution in [0.2, 0.25) is 0 Å². The minimum absolute atomic E-state index is 0.0862. The number of hydrogen-bond acceptors (Lipinski definition) is 6. The fourth-order valence-electron chi connectivity index (χ4n) is 7.33. The Morgan fingerprint density at radius 3 is 1.00 bits per heavy atom. The molecule has 354 valence electrons. The van der Waals surface area contributed by atoms with Gasteiger partial charge in [-0.05, 0) is 83.5 Å². The number of esters is 3. The fraction of sp³-hybridized carbons (Fsp3) is 0.800. The van der Waals surface area contributed by atoms with E-state index in [0.29, 0.717) is 19.3 Å². The topological polar surface area (TPSA) is 78.9 Å². The maximum Gasteiger partial charge on any atom is 0.306 e. The van der Waals surface area contributed by atoms with E-state index in [2.05, 4.69) is 69.4 Å². The molecule has 0 unspecified atom stereocenters. The molecule has 0 aliphatic heterocycles. The van der Waals surface area contributed by atoms with Gasteiger partial charge < -0.3 is 14.2 Å². The van der Waals surface area contributed by atoms with Crippen LogP contribution < -0.4 is 0 Å². The molecule has 0 radical (unpaired) electrons. The summed E-state index contributed by atoms with van der Waals surface area (Å²) >= 11 is 0. The number of carbonyl (C=O) groups excluding carboxylic acids is 3. The Morgan fingerprint density at radius 2 is 0.590 bits per heavy atom. The fourth-order valence-corrected chi connectivity index (χ4v) is 7.33. The molecule has 0 bridgehead atoms. The van der Waals surface area contributed by atoms with Crippen LogP contribution in [0, 0.1) is 0 Å². The van der Waals surface area contributed by atoms with Crippen LogP contribution in [0.3, 0.4) is 0 Å². The molecule has 0 heterocycles. The molecule has 0 fully saturated rings. The molecule has 6 heteroatoms. The van der Waals surface area contributed by atoms with Gasteiger partial charge in [0.05, 0.1) is 0 Å². The van der Waals surface area contributed by atoms with E-state index in [-0.39, 0.29) is 31.1 Å². The van der Waals surface area contributed by atoms with Gasteiger partial charge in [-0.3, -0.25) is 14.4 Å². The third-order valence-electron chi connectivity index (χ3n) is 11.3. The van der Waals surface area contributed by atoms with Gasteiger partial charge in [0.1, 0.15) is 13.2 Å². The van der Waals surface area contributed by atoms with Gasteiger partial charge in [0.25, 0.3) is 0 Å². The van der Waals surface area contributed by atoms with Gasteiger partial charge in [0, 0.05) is 19.3 Å². The third kappa shape index (κ3) is 48.3. The third-order valence-corrected chi connectivity index (χ3v) is 11.3. The Kier molecular flexibility index (Phi) is 47.9. The molecule has 0 aromatic carbocycles. The number of hydrogen-bond donors (Lipinski definition) is 0. The lowest BCUT2D eigenvalue weighted by molar-refractivity contribution is -0.167. The molecule has 0 rings (SSSR count). The highest BCUT2D eigenvalue weighted by atomic mass is 16.6. The van der Waals surface area contributed by atoms with E-state index >= 15 is 0 Å². The highest BCUT2D eigenvalue weighted by Gasteiger charge is 2.19. The van der Waals surface area contributed by atoms with Crippen molar-refractivity contribution in [1.82, 2.24) is 0 Å². The van der Waals surface area contributed by atoms with Gasteiger partial charge in [-0.1, -0.05) is 211 Å². The predicted molar refractivity (Wildman–Crippen MR) is 261 cm³/mol. The molecule has 61 heavy (non-hydrogen) atoms. The number of allylic oxidation sites excluding steroid dienone is 8. The summed E-state index contributed by atoms with van der Waals surface area (Å²) in [7, 11) is 0. The quantitative estimate of drug-likeness (QED) is 0.0263. The summed E-state index contributed by atoms with van der Waals surface area (Å²) in [6, 6.07) is 0. The molecular formula is C55H98O6. The van der Waals surface area contributed by atoms with Gasteiger partial charge in [0.2, 0.25) is 0 Å². The Balaban J connectivity index is 4.44. The zero-order chi connectivity index (χ0) is 44.4. The Hall–Kier alpha value is -2.63. The van der Waals surface area contributed by atoms with E-state index in [9.17, 15) is 14.4 Å². The van der Waals surface area contributed by atoms with Crippen molar-refractivity contribution in [1.29, 1.82) is 0 Å². The van der Waals surface area contributed by atoms with Crippen molar-refractivity contribution in [3.8, 4) is 0 Å². The van der Waals surface area contributed by atoms with E-state index < -0.39 is 6.10 Å². The van der Waals surface area contributed by atoms with E-state index in [0.717, 1.165) is 83.5 Å². The lowest BCUT2D eigenvalue weighted by atomic mass is 10.0. The van der Waals surface area contributed by atoms with Gasteiger partial charge in [-0.2, -0.15) is 0 Å². The molecule has 0 amide bonds. The average molecular weight is 855 g/mol. The van der Waals surface area contributed by atoms with E-state index in [4.69, 9.17) is 14.2 Å². The number of unbranched alkanes of at least 4 members (excludes halogenated alkanes) is 28. The summed E-state index contributed by atoms with van der Waals surface area (Å²) in [6.45, 7) is 6.58. The SMILES string of the molecule is CCCCC/C=C\C/C=C\C/C=C\CCCCC(=O)OC[C@H](COC(=O)CCCCCCCCCCCCCCC)OC(=O)CCCCCCC/C=C\CCCCCCCC. The minimum atomic E-state index is -0.789. The van der Waals surface area contributed by atoms with Crippen molar-refractivity contribution in [2.45, 2.75) is 271 Å². The lowest BCUT2D eigenvalue weighted by Gasteiger charge is -2.18. The first-order valence-corrected chi connectivity index (χ1v) is 26.1. The van der Waals surface area contributed by atoms with Crippen LogP contribution in [-0.4, -0.2) is 37.2 Å². The summed E-state index contributed by atoms with van der Waals surface area (Å²) in [6.07, 6.45) is 59.5. The first kappa shape index (κ1) is 58.4. The molecule has 0 aliphatic carbocycles. The molecule has 0 saturated carbocycles. The first-order chi connectivity index (χ1) is 30.0. The monoisotopic (exact) mass is 855 g/mol. The van der Waals surface area contributed by atoms with Crippen molar-refractivity contribution in [2.24, 2.45) is 0 Å². The normalized spacial score (nSPS) is 12.4. The summed E-state index contributed by atoms with van der Waals surface area (Å²) in [4.78, 5) is 37.9. The van der Waals surface area contributed by atoms with E-state index in [1.54, 1.807) is 0 Å². The highest BCUT2D eigenvalue weighted by Crippen LogP contribution is 2.15. The second kappa shape index (κ2) is 50.0. The van der Waals surface area contributed by atoms with Crippen molar-refractivity contribution < 1.29 is 28.6 Å². The minimum Gasteiger partial charge on any atom is -0.462 e. The second-order valence-corrected chi connectivity index (χ2v) is 17.4. The van der Waals surface area contributed by atoms with Crippen molar-refractivity contribution >= 4 is 17.9 Å². The summed E-state index contributed by atoms with van der Waals surface area (Å²) in [5, 5.41) is 0. The predicted octanol–water partition coefficient (Wildman–Crippen LogP) is 17.1. The van der Waals surface area contributed by atoms with Gasteiger partial charge in [0.15, 0.2) is 6.10 Å². The molecule has 0 spiro atoms. The molecule has 1 atom stereocenters. The van der Waals surface area contributed by atoms with E-state index in [1.807, 2.05) is 0 Å². The molecule has 0 saturated heterocycles. The molecule has 0 N–H and O–H groups in total. The Bertz CT molecular complexity index is 1070. The van der Waals surface area contributed by atoms with Gasteiger partial charge >= 0.3 is 17.9 Å². The van der Waals surface area contributed by atoms with Crippen LogP contribution in [0.25, 0.3) is 0 Å². The van der Waals surface area contributed by atoms with Crippen molar-refractivity contribution in [3.05, 3.63) is 48.6 Å². The first-order valence-electron chi connectivity index (χ1n) is 26.1. The molecule has 0 aromatic heterocycles. The van der Waals surface area contributed by atoms with Gasteiger partial charge in [-0.25, -0.2) is 0 Å². The van der Waals surface area contributed by atoms with Crippen molar-refractivity contribution in [3.63, 3.8) is 0 Å². The van der Waals surface area contributed by atoms with Gasteiger partial charge in [-0.15, -0.1) is 0 Å². The van der Waals surface area contributed by atoms with Crippen LogP contribution in [-0.2, 0) is 28.6 Å². The smallest absolute Gasteiger partial charge is 0.306 e. The van der Waals surface area contributed by atoms with Crippen molar-refractivity contribution in [2.75, 3.05) is 13.2 Å². The molecule has 0 aromatic rings. The molecular weight excluding hydrogens is 757 g/mol. The highest BCUT2D eigenvalue weighted by molar-refractivity contribution is 5.71. The van der Waals surface area contributed by atoms with Crippen LogP contribution in [0.4, 0.5) is 0 Å². The van der Waals surface area contributed by atoms with Crippen LogP contribution >= 0.6 is 0 Å². The second-order valence-electron chi connectivity index (χ2n) is 17.4. The largest absolute Gasteiger partial charge is 0.462 e. The van der Waals surface area contributed by atoms with Crippen LogP contribution in [0.1, 0.15) is 265 Å². The van der Waals surface area contributed by atoms with E-state index in [1.165, 1.54) is 141 Å². The van der Waals surface area contributed by atoms with Crippen LogP contribution in [0.15, 0.2) is 48.6 Å². The number of carbonyl (C=O) groups is 3. The number of ether oxygens (including phenoxy) is 3. The zero-order valence-corrected chi connectivity index (χ0v) is 40.4. The Labute approximate surface area is 378 Å². The standard InChI is InChI=1S/C55H98O6/c1-4-7-10-13-16-19-22-25-27-30-33-36-39-42-45-48-54(57)60-51-52(50-59-53(56)47-44-41-38-35-32-29-24-21-18-15-12-9-6-3)61-55(58)49-46-43-40-37-34-31-28-26-23-20-17-14-11-8-5-2/h16,19,25-28,33,36,52H,4-15,17-18,20-24,29-32,34-35,37-51H2,1-3H3/b19-16-,27-25-,28-26-,36-33-/t52-/m0/s1. The molecule has 6 nitrogen and oxygen atoms in total. The summed E-state index contributed by atoms with van der Waals surface area (Å²) < 4.78 is 16.8. The number of rotatable bonds is 47. The van der Waals surface area contributed by atoms with Crippen LogP contribution in [0.5, 0.6) is 0 Å².